The van der Waals surface area contributed by atoms with Crippen molar-refractivity contribution in [2.45, 2.75) is 25.7 Å². The number of carboxylic acids is 1. The number of carboxylic acid groups (broad SMARTS) is 1. The second kappa shape index (κ2) is 5.34. The molecule has 82 valence electrons. The van der Waals surface area contributed by atoms with Crippen molar-refractivity contribution in [1.29, 1.82) is 0 Å². The van der Waals surface area contributed by atoms with Crippen LogP contribution >= 0.6 is 0 Å². The summed E-state index contributed by atoms with van der Waals surface area (Å²) in [6.45, 7) is 1.95. The quantitative estimate of drug-likeness (QED) is 0.806. The minimum Gasteiger partial charge on any atom is -0.495 e. The maximum Gasteiger partial charge on any atom is 0.312 e. The first kappa shape index (κ1) is 11.5. The van der Waals surface area contributed by atoms with E-state index in [1.807, 2.05) is 6.92 Å². The molecular weight excluding hydrogens is 194 g/mol. The Morgan fingerprint density at radius 1 is 1.67 bits per heavy atom. The van der Waals surface area contributed by atoms with Crippen LogP contribution in [0.4, 0.5) is 0 Å². The van der Waals surface area contributed by atoms with Crippen LogP contribution in [0.25, 0.3) is 0 Å². The Labute approximate surface area is 88.9 Å². The molecule has 0 saturated carbocycles. The van der Waals surface area contributed by atoms with E-state index < -0.39 is 11.9 Å². The van der Waals surface area contributed by atoms with Crippen molar-refractivity contribution >= 4 is 5.97 Å². The van der Waals surface area contributed by atoms with Gasteiger partial charge in [-0.05, 0) is 18.6 Å². The summed E-state index contributed by atoms with van der Waals surface area (Å²) < 4.78 is 5.10. The smallest absolute Gasteiger partial charge is 0.312 e. The minimum absolute atomic E-state index is 0.509. The summed E-state index contributed by atoms with van der Waals surface area (Å²) in [4.78, 5) is 15.1. The lowest BCUT2D eigenvalue weighted by atomic mass is 9.99. The fraction of sp³-hybridized carbons (Fsp3) is 0.455. The van der Waals surface area contributed by atoms with Gasteiger partial charge in [-0.25, -0.2) is 0 Å². The lowest BCUT2D eigenvalue weighted by Gasteiger charge is -2.13. The lowest BCUT2D eigenvalue weighted by molar-refractivity contribution is -0.139. The van der Waals surface area contributed by atoms with Crippen molar-refractivity contribution in [3.05, 3.63) is 24.0 Å². The van der Waals surface area contributed by atoms with Crippen LogP contribution in [0, 0.1) is 0 Å². The first-order valence-electron chi connectivity index (χ1n) is 4.92. The minimum atomic E-state index is -0.853. The molecule has 0 saturated heterocycles. The Kier molecular flexibility index (Phi) is 4.09. The topological polar surface area (TPSA) is 59.4 Å². The molecule has 0 unspecified atom stereocenters. The van der Waals surface area contributed by atoms with Crippen LogP contribution in [0.3, 0.4) is 0 Å². The van der Waals surface area contributed by atoms with Crippen molar-refractivity contribution in [3.8, 4) is 5.75 Å². The molecule has 0 amide bonds. The molecule has 4 heteroatoms. The number of rotatable bonds is 5. The van der Waals surface area contributed by atoms with Gasteiger partial charge in [0.25, 0.3) is 0 Å². The van der Waals surface area contributed by atoms with E-state index in [0.717, 1.165) is 6.42 Å². The summed E-state index contributed by atoms with van der Waals surface area (Å²) in [5.41, 5.74) is 0.509. The van der Waals surface area contributed by atoms with E-state index in [1.165, 1.54) is 7.11 Å². The molecule has 15 heavy (non-hydrogen) atoms. The van der Waals surface area contributed by atoms with Gasteiger partial charge in [-0.1, -0.05) is 13.3 Å². The zero-order valence-corrected chi connectivity index (χ0v) is 8.93. The Morgan fingerprint density at radius 3 is 2.93 bits per heavy atom. The van der Waals surface area contributed by atoms with E-state index in [9.17, 15) is 4.79 Å². The van der Waals surface area contributed by atoms with Crippen LogP contribution < -0.4 is 4.74 Å². The van der Waals surface area contributed by atoms with Crippen molar-refractivity contribution in [2.24, 2.45) is 0 Å². The third kappa shape index (κ3) is 2.68. The zero-order valence-electron chi connectivity index (χ0n) is 8.93. The fourth-order valence-electron chi connectivity index (χ4n) is 1.50. The number of nitrogens with zero attached hydrogens (tertiary/aromatic N) is 1. The van der Waals surface area contributed by atoms with Gasteiger partial charge in [0, 0.05) is 6.20 Å². The van der Waals surface area contributed by atoms with Gasteiger partial charge in [0.1, 0.15) is 11.7 Å². The Balaban J connectivity index is 3.04. The lowest BCUT2D eigenvalue weighted by Crippen LogP contribution is -2.14. The maximum absolute atomic E-state index is 11.1. The van der Waals surface area contributed by atoms with Crippen LogP contribution in [0.1, 0.15) is 31.4 Å². The third-order valence-corrected chi connectivity index (χ3v) is 2.23. The van der Waals surface area contributed by atoms with E-state index in [0.29, 0.717) is 17.9 Å². The number of aromatic nitrogens is 1. The molecule has 0 aliphatic heterocycles. The van der Waals surface area contributed by atoms with E-state index in [4.69, 9.17) is 9.84 Å². The molecule has 1 rings (SSSR count). The molecule has 1 atom stereocenters. The summed E-state index contributed by atoms with van der Waals surface area (Å²) in [7, 11) is 1.52. The van der Waals surface area contributed by atoms with Crippen LogP contribution in [0.5, 0.6) is 5.75 Å². The predicted octanol–water partition coefficient (Wildman–Crippen LogP) is 2.06. The van der Waals surface area contributed by atoms with Gasteiger partial charge in [-0.3, -0.25) is 9.78 Å². The molecule has 1 N–H and O–H groups in total. The normalized spacial score (nSPS) is 12.1. The Morgan fingerprint density at radius 2 is 2.40 bits per heavy atom. The number of carbonyl (C=O) groups is 1. The highest BCUT2D eigenvalue weighted by atomic mass is 16.5. The predicted molar refractivity (Wildman–Crippen MR) is 56.1 cm³/mol. The van der Waals surface area contributed by atoms with E-state index >= 15 is 0 Å². The molecule has 0 spiro atoms. The molecule has 0 aliphatic carbocycles. The third-order valence-electron chi connectivity index (χ3n) is 2.23. The van der Waals surface area contributed by atoms with Crippen molar-refractivity contribution in [1.82, 2.24) is 4.98 Å². The molecule has 0 radical (unpaired) electrons. The first-order chi connectivity index (χ1) is 7.20. The SMILES string of the molecule is CCC[C@@H](C(=O)O)c1ncccc1OC. The highest BCUT2D eigenvalue weighted by Gasteiger charge is 2.23. The second-order valence-electron chi connectivity index (χ2n) is 3.27. The van der Waals surface area contributed by atoms with Crippen LogP contribution in [-0.2, 0) is 4.79 Å². The molecular formula is C11H15NO3. The summed E-state index contributed by atoms with van der Waals surface area (Å²) in [5.74, 6) is -0.890. The molecule has 0 aromatic carbocycles. The fourth-order valence-corrected chi connectivity index (χ4v) is 1.50. The van der Waals surface area contributed by atoms with Gasteiger partial charge >= 0.3 is 5.97 Å². The van der Waals surface area contributed by atoms with Gasteiger partial charge in [0.05, 0.1) is 12.8 Å². The molecule has 4 nitrogen and oxygen atoms in total. The highest BCUT2D eigenvalue weighted by molar-refractivity contribution is 5.76. The van der Waals surface area contributed by atoms with Crippen molar-refractivity contribution in [2.75, 3.05) is 7.11 Å². The molecule has 0 aliphatic rings. The Bertz CT molecular complexity index is 338. The second-order valence-corrected chi connectivity index (χ2v) is 3.27. The van der Waals surface area contributed by atoms with Gasteiger partial charge in [0.2, 0.25) is 0 Å². The molecule has 0 fully saturated rings. The van der Waals surface area contributed by atoms with Gasteiger partial charge < -0.3 is 9.84 Å². The summed E-state index contributed by atoms with van der Waals surface area (Å²) in [5, 5.41) is 9.08. The number of hydrogen-bond donors (Lipinski definition) is 1. The average molecular weight is 209 g/mol. The number of aliphatic carboxylic acids is 1. The average Bonchev–Trinajstić information content (AvgIpc) is 2.25. The zero-order chi connectivity index (χ0) is 11.3. The van der Waals surface area contributed by atoms with Crippen molar-refractivity contribution in [3.63, 3.8) is 0 Å². The Hall–Kier alpha value is -1.58. The first-order valence-corrected chi connectivity index (χ1v) is 4.92. The monoisotopic (exact) mass is 209 g/mol. The number of pyridine rings is 1. The standard InChI is InChI=1S/C11H15NO3/c1-3-5-8(11(13)14)10-9(15-2)6-4-7-12-10/h4,6-8H,3,5H2,1-2H3,(H,13,14)/t8-/m1/s1. The highest BCUT2D eigenvalue weighted by Crippen LogP contribution is 2.27. The van der Waals surface area contributed by atoms with E-state index in [1.54, 1.807) is 18.3 Å². The maximum atomic E-state index is 11.1. The van der Waals surface area contributed by atoms with Gasteiger partial charge in [-0.15, -0.1) is 0 Å². The van der Waals surface area contributed by atoms with Gasteiger partial charge in [-0.2, -0.15) is 0 Å². The largest absolute Gasteiger partial charge is 0.495 e. The molecule has 1 aromatic heterocycles. The summed E-state index contributed by atoms with van der Waals surface area (Å²) in [6, 6.07) is 3.46. The molecule has 1 aromatic rings. The molecule has 0 bridgehead atoms. The summed E-state index contributed by atoms with van der Waals surface area (Å²) >= 11 is 0. The summed E-state index contributed by atoms with van der Waals surface area (Å²) in [6.07, 6.45) is 2.96. The number of hydrogen-bond acceptors (Lipinski definition) is 3. The number of ether oxygens (including phenoxy) is 1. The molecule has 1 heterocycles. The van der Waals surface area contributed by atoms with E-state index in [2.05, 4.69) is 4.98 Å². The van der Waals surface area contributed by atoms with Crippen LogP contribution in [-0.4, -0.2) is 23.2 Å². The van der Waals surface area contributed by atoms with Crippen molar-refractivity contribution < 1.29 is 14.6 Å². The van der Waals surface area contributed by atoms with Gasteiger partial charge in [0.15, 0.2) is 0 Å². The number of methoxy groups -OCH3 is 1. The van der Waals surface area contributed by atoms with E-state index in [-0.39, 0.29) is 0 Å². The van der Waals surface area contributed by atoms with Crippen LogP contribution in [0.15, 0.2) is 18.3 Å². The van der Waals surface area contributed by atoms with Crippen LogP contribution in [0.2, 0.25) is 0 Å².